The predicted octanol–water partition coefficient (Wildman–Crippen LogP) is 0.656. The Morgan fingerprint density at radius 2 is 2.19 bits per heavy atom. The van der Waals surface area contributed by atoms with E-state index < -0.39 is 11.7 Å². The van der Waals surface area contributed by atoms with Crippen LogP contribution in [0.2, 0.25) is 0 Å². The van der Waals surface area contributed by atoms with Crippen molar-refractivity contribution in [3.63, 3.8) is 0 Å². The standard InChI is InChI=1S/C10H20N2O3.ClH/c1-10(2,3)15-9(14)12-7-4-8(6-13)11-5-7;/h7-8,11,13H,4-6H2,1-3H3,(H,12,14);1H/t7-,8+;/m0./s1. The number of rotatable bonds is 2. The maximum atomic E-state index is 11.4. The topological polar surface area (TPSA) is 70.6 Å². The summed E-state index contributed by atoms with van der Waals surface area (Å²) in [6, 6.07) is 0.141. The van der Waals surface area contributed by atoms with Crippen molar-refractivity contribution in [2.45, 2.75) is 44.9 Å². The summed E-state index contributed by atoms with van der Waals surface area (Å²) in [6.07, 6.45) is 0.350. The fraction of sp³-hybridized carbons (Fsp3) is 0.900. The summed E-state index contributed by atoms with van der Waals surface area (Å²) in [6.45, 7) is 6.28. The molecule has 1 aliphatic rings. The molecule has 1 amide bonds. The first-order valence-electron chi connectivity index (χ1n) is 5.24. The fourth-order valence-electron chi connectivity index (χ4n) is 1.54. The molecule has 0 saturated carbocycles. The van der Waals surface area contributed by atoms with Crippen molar-refractivity contribution >= 4 is 18.5 Å². The molecule has 0 aromatic carbocycles. The number of hydrogen-bond acceptors (Lipinski definition) is 4. The van der Waals surface area contributed by atoms with E-state index in [2.05, 4.69) is 10.6 Å². The monoisotopic (exact) mass is 252 g/mol. The van der Waals surface area contributed by atoms with Gasteiger partial charge in [0.2, 0.25) is 0 Å². The lowest BCUT2D eigenvalue weighted by Crippen LogP contribution is -2.40. The second-order valence-electron chi connectivity index (χ2n) is 4.87. The van der Waals surface area contributed by atoms with E-state index in [1.807, 2.05) is 20.8 Å². The molecule has 1 rings (SSSR count). The molecule has 96 valence electrons. The van der Waals surface area contributed by atoms with Crippen LogP contribution in [0.25, 0.3) is 0 Å². The molecule has 1 aliphatic heterocycles. The summed E-state index contributed by atoms with van der Waals surface area (Å²) in [5.74, 6) is 0. The number of amides is 1. The minimum Gasteiger partial charge on any atom is -0.444 e. The van der Waals surface area contributed by atoms with E-state index in [1.165, 1.54) is 0 Å². The van der Waals surface area contributed by atoms with Crippen molar-refractivity contribution in [3.05, 3.63) is 0 Å². The van der Waals surface area contributed by atoms with Gasteiger partial charge in [0.05, 0.1) is 6.61 Å². The molecule has 0 aliphatic carbocycles. The summed E-state index contributed by atoms with van der Waals surface area (Å²) < 4.78 is 5.13. The van der Waals surface area contributed by atoms with Gasteiger partial charge in [-0.05, 0) is 27.2 Å². The molecule has 0 radical (unpaired) electrons. The molecule has 0 aromatic heterocycles. The molecule has 16 heavy (non-hydrogen) atoms. The Morgan fingerprint density at radius 1 is 1.56 bits per heavy atom. The van der Waals surface area contributed by atoms with Crippen LogP contribution in [0.4, 0.5) is 4.79 Å². The molecule has 2 atom stereocenters. The molecular formula is C10H21ClN2O3. The highest BCUT2D eigenvalue weighted by Crippen LogP contribution is 2.09. The van der Waals surface area contributed by atoms with Gasteiger partial charge in [-0.15, -0.1) is 12.4 Å². The van der Waals surface area contributed by atoms with Crippen molar-refractivity contribution in [3.8, 4) is 0 Å². The molecule has 1 heterocycles. The van der Waals surface area contributed by atoms with Gasteiger partial charge < -0.3 is 20.5 Å². The molecule has 0 bridgehead atoms. The Hall–Kier alpha value is -0.520. The largest absolute Gasteiger partial charge is 0.444 e. The minimum atomic E-state index is -0.466. The van der Waals surface area contributed by atoms with E-state index in [0.29, 0.717) is 6.54 Å². The zero-order chi connectivity index (χ0) is 11.5. The Bertz CT molecular complexity index is 231. The Kier molecular flexibility index (Phi) is 6.07. The highest BCUT2D eigenvalue weighted by atomic mass is 35.5. The summed E-state index contributed by atoms with van der Waals surface area (Å²) in [4.78, 5) is 11.4. The van der Waals surface area contributed by atoms with Crippen LogP contribution in [0.5, 0.6) is 0 Å². The first kappa shape index (κ1) is 15.5. The van der Waals surface area contributed by atoms with E-state index in [9.17, 15) is 4.79 Å². The van der Waals surface area contributed by atoms with Crippen molar-refractivity contribution in [2.75, 3.05) is 13.2 Å². The number of aliphatic hydroxyl groups excluding tert-OH is 1. The van der Waals surface area contributed by atoms with Gasteiger partial charge in [0, 0.05) is 18.6 Å². The minimum absolute atomic E-state index is 0. The predicted molar refractivity (Wildman–Crippen MR) is 63.9 cm³/mol. The first-order valence-corrected chi connectivity index (χ1v) is 5.24. The average molecular weight is 253 g/mol. The Labute approximate surface area is 102 Å². The smallest absolute Gasteiger partial charge is 0.407 e. The van der Waals surface area contributed by atoms with Gasteiger partial charge in [0.1, 0.15) is 5.60 Å². The van der Waals surface area contributed by atoms with Crippen molar-refractivity contribution < 1.29 is 14.6 Å². The fourth-order valence-corrected chi connectivity index (χ4v) is 1.54. The SMILES string of the molecule is CC(C)(C)OC(=O)N[C@@H]1CN[C@@H](CO)C1.Cl. The quantitative estimate of drug-likeness (QED) is 0.675. The zero-order valence-corrected chi connectivity index (χ0v) is 10.8. The number of ether oxygens (including phenoxy) is 1. The Balaban J connectivity index is 0.00000225. The van der Waals surface area contributed by atoms with Gasteiger partial charge >= 0.3 is 6.09 Å². The van der Waals surface area contributed by atoms with Crippen LogP contribution in [0.15, 0.2) is 0 Å². The van der Waals surface area contributed by atoms with E-state index in [1.54, 1.807) is 0 Å². The number of aliphatic hydroxyl groups is 1. The summed E-state index contributed by atoms with van der Waals surface area (Å²) >= 11 is 0. The van der Waals surface area contributed by atoms with Gasteiger partial charge in [-0.25, -0.2) is 4.79 Å². The third-order valence-electron chi connectivity index (χ3n) is 2.16. The highest BCUT2D eigenvalue weighted by Gasteiger charge is 2.26. The molecule has 0 unspecified atom stereocenters. The first-order chi connectivity index (χ1) is 6.90. The number of halogens is 1. The Morgan fingerprint density at radius 3 is 2.62 bits per heavy atom. The van der Waals surface area contributed by atoms with Crippen LogP contribution in [0, 0.1) is 0 Å². The molecule has 3 N–H and O–H groups in total. The lowest BCUT2D eigenvalue weighted by molar-refractivity contribution is 0.0507. The van der Waals surface area contributed by atoms with Crippen molar-refractivity contribution in [1.29, 1.82) is 0 Å². The van der Waals surface area contributed by atoms with E-state index in [0.717, 1.165) is 6.42 Å². The normalized spacial score (nSPS) is 24.8. The van der Waals surface area contributed by atoms with Gasteiger partial charge in [-0.2, -0.15) is 0 Å². The average Bonchev–Trinajstić information content (AvgIpc) is 2.48. The van der Waals surface area contributed by atoms with Crippen LogP contribution < -0.4 is 10.6 Å². The van der Waals surface area contributed by atoms with Crippen LogP contribution in [-0.2, 0) is 4.74 Å². The maximum Gasteiger partial charge on any atom is 0.407 e. The van der Waals surface area contributed by atoms with Crippen molar-refractivity contribution in [2.24, 2.45) is 0 Å². The molecule has 1 fully saturated rings. The van der Waals surface area contributed by atoms with E-state index >= 15 is 0 Å². The van der Waals surface area contributed by atoms with Crippen LogP contribution >= 0.6 is 12.4 Å². The molecule has 5 nitrogen and oxygen atoms in total. The van der Waals surface area contributed by atoms with Crippen LogP contribution in [0.1, 0.15) is 27.2 Å². The number of nitrogens with one attached hydrogen (secondary N) is 2. The molecular weight excluding hydrogens is 232 g/mol. The van der Waals surface area contributed by atoms with Gasteiger partial charge in [-0.1, -0.05) is 0 Å². The van der Waals surface area contributed by atoms with E-state index in [4.69, 9.17) is 9.84 Å². The zero-order valence-electron chi connectivity index (χ0n) is 9.95. The second kappa shape index (κ2) is 6.27. The lowest BCUT2D eigenvalue weighted by atomic mass is 10.2. The van der Waals surface area contributed by atoms with Crippen LogP contribution in [-0.4, -0.2) is 42.0 Å². The summed E-state index contributed by atoms with van der Waals surface area (Å²) in [5, 5.41) is 14.8. The molecule has 0 aromatic rings. The second-order valence-corrected chi connectivity index (χ2v) is 4.87. The van der Waals surface area contributed by atoms with Gasteiger partial charge in [0.25, 0.3) is 0 Å². The number of carbonyl (C=O) groups is 1. The van der Waals surface area contributed by atoms with E-state index in [-0.39, 0.29) is 31.1 Å². The third kappa shape index (κ3) is 5.53. The van der Waals surface area contributed by atoms with Gasteiger partial charge in [-0.3, -0.25) is 0 Å². The molecule has 1 saturated heterocycles. The maximum absolute atomic E-state index is 11.4. The summed E-state index contributed by atoms with van der Waals surface area (Å²) in [5.41, 5.74) is -0.466. The molecule has 0 spiro atoms. The van der Waals surface area contributed by atoms with Gasteiger partial charge in [0.15, 0.2) is 0 Å². The highest BCUT2D eigenvalue weighted by molar-refractivity contribution is 5.85. The number of alkyl carbamates (subject to hydrolysis) is 1. The summed E-state index contributed by atoms with van der Waals surface area (Å²) in [7, 11) is 0. The molecule has 6 heteroatoms. The van der Waals surface area contributed by atoms with Crippen LogP contribution in [0.3, 0.4) is 0 Å². The number of hydrogen-bond donors (Lipinski definition) is 3. The lowest BCUT2D eigenvalue weighted by Gasteiger charge is -2.21. The van der Waals surface area contributed by atoms with Crippen molar-refractivity contribution in [1.82, 2.24) is 10.6 Å². The third-order valence-corrected chi connectivity index (χ3v) is 2.16. The number of carbonyl (C=O) groups excluding carboxylic acids is 1.